The lowest BCUT2D eigenvalue weighted by Crippen LogP contribution is -2.38. The first-order valence-electron chi connectivity index (χ1n) is 7.68. The lowest BCUT2D eigenvalue weighted by atomic mass is 10.1. The molecule has 1 fully saturated rings. The van der Waals surface area contributed by atoms with Crippen LogP contribution in [-0.4, -0.2) is 36.4 Å². The van der Waals surface area contributed by atoms with Gasteiger partial charge in [0.2, 0.25) is 11.8 Å². The average Bonchev–Trinajstić information content (AvgIpc) is 2.94. The molecule has 2 atom stereocenters. The molecule has 1 saturated heterocycles. The topological polar surface area (TPSA) is 82.4 Å². The molecule has 0 bridgehead atoms. The van der Waals surface area contributed by atoms with Crippen molar-refractivity contribution in [3.05, 3.63) is 29.8 Å². The number of hydrogen-bond donors (Lipinski definition) is 1. The van der Waals surface area contributed by atoms with Crippen LogP contribution >= 0.6 is 0 Å². The summed E-state index contributed by atoms with van der Waals surface area (Å²) in [6, 6.07) is 9.05. The van der Waals surface area contributed by atoms with Gasteiger partial charge in [0, 0.05) is 19.5 Å². The standard InChI is InChI=1S/C17H21N3O3/c1-3-14(9-18)19-17(22)13-8-16(21)20(11-13)10-12-4-6-15(23-2)7-5-12/h4-7,13-14H,3,8,10-11H2,1-2H3,(H,19,22). The highest BCUT2D eigenvalue weighted by atomic mass is 16.5. The first kappa shape index (κ1) is 16.8. The number of ether oxygens (including phenoxy) is 1. The maximum Gasteiger partial charge on any atom is 0.226 e. The largest absolute Gasteiger partial charge is 0.497 e. The van der Waals surface area contributed by atoms with E-state index in [0.29, 0.717) is 19.5 Å². The first-order chi connectivity index (χ1) is 11.1. The monoisotopic (exact) mass is 315 g/mol. The minimum absolute atomic E-state index is 0.0361. The summed E-state index contributed by atoms with van der Waals surface area (Å²) in [5.41, 5.74) is 0.990. The third kappa shape index (κ3) is 4.22. The van der Waals surface area contributed by atoms with E-state index in [1.165, 1.54) is 0 Å². The second-order valence-corrected chi connectivity index (χ2v) is 5.62. The fourth-order valence-corrected chi connectivity index (χ4v) is 2.57. The van der Waals surface area contributed by atoms with Gasteiger partial charge in [0.15, 0.2) is 0 Å². The number of rotatable bonds is 6. The maximum absolute atomic E-state index is 12.1. The summed E-state index contributed by atoms with van der Waals surface area (Å²) in [5, 5.41) is 11.6. The van der Waals surface area contributed by atoms with E-state index in [1.807, 2.05) is 37.3 Å². The van der Waals surface area contributed by atoms with Gasteiger partial charge in [0.05, 0.1) is 19.1 Å². The van der Waals surface area contributed by atoms with Crippen molar-refractivity contribution in [1.29, 1.82) is 5.26 Å². The fraction of sp³-hybridized carbons (Fsp3) is 0.471. The van der Waals surface area contributed by atoms with Crippen LogP contribution in [0.25, 0.3) is 0 Å². The molecule has 0 aliphatic carbocycles. The van der Waals surface area contributed by atoms with Gasteiger partial charge in [-0.25, -0.2) is 0 Å². The van der Waals surface area contributed by atoms with Crippen molar-refractivity contribution >= 4 is 11.8 Å². The highest BCUT2D eigenvalue weighted by Gasteiger charge is 2.34. The third-order valence-corrected chi connectivity index (χ3v) is 4.00. The van der Waals surface area contributed by atoms with E-state index in [0.717, 1.165) is 11.3 Å². The zero-order chi connectivity index (χ0) is 16.8. The summed E-state index contributed by atoms with van der Waals surface area (Å²) >= 11 is 0. The lowest BCUT2D eigenvalue weighted by molar-refractivity contribution is -0.129. The Balaban J connectivity index is 1.94. The van der Waals surface area contributed by atoms with Gasteiger partial charge in [-0.3, -0.25) is 9.59 Å². The molecule has 6 nitrogen and oxygen atoms in total. The lowest BCUT2D eigenvalue weighted by Gasteiger charge is -2.17. The Kier molecular flexibility index (Phi) is 5.58. The SMILES string of the molecule is CCC(C#N)NC(=O)C1CC(=O)N(Cc2ccc(OC)cc2)C1. The van der Waals surface area contributed by atoms with Crippen LogP contribution < -0.4 is 10.1 Å². The molecule has 2 unspecified atom stereocenters. The van der Waals surface area contributed by atoms with E-state index in [1.54, 1.807) is 12.0 Å². The minimum atomic E-state index is -0.492. The molecule has 1 heterocycles. The zero-order valence-corrected chi connectivity index (χ0v) is 13.4. The average molecular weight is 315 g/mol. The van der Waals surface area contributed by atoms with Gasteiger partial charge < -0.3 is 15.0 Å². The van der Waals surface area contributed by atoms with Gasteiger partial charge in [0.25, 0.3) is 0 Å². The second kappa shape index (κ2) is 7.63. The van der Waals surface area contributed by atoms with Crippen molar-refractivity contribution in [3.8, 4) is 11.8 Å². The van der Waals surface area contributed by atoms with Gasteiger partial charge in [-0.05, 0) is 24.1 Å². The van der Waals surface area contributed by atoms with Gasteiger partial charge >= 0.3 is 0 Å². The Bertz CT molecular complexity index is 607. The number of nitriles is 1. The normalized spacial score (nSPS) is 18.4. The molecule has 1 aliphatic rings. The van der Waals surface area contributed by atoms with Crippen molar-refractivity contribution in [2.75, 3.05) is 13.7 Å². The zero-order valence-electron chi connectivity index (χ0n) is 13.4. The summed E-state index contributed by atoms with van der Waals surface area (Å²) in [5.74, 6) is 0.124. The van der Waals surface area contributed by atoms with Crippen molar-refractivity contribution < 1.29 is 14.3 Å². The van der Waals surface area contributed by atoms with E-state index >= 15 is 0 Å². The number of carbonyl (C=O) groups excluding carboxylic acids is 2. The molecule has 0 aromatic heterocycles. The Morgan fingerprint density at radius 2 is 2.17 bits per heavy atom. The first-order valence-corrected chi connectivity index (χ1v) is 7.68. The van der Waals surface area contributed by atoms with Crippen LogP contribution in [0, 0.1) is 17.2 Å². The number of nitrogens with one attached hydrogen (secondary N) is 1. The Hall–Kier alpha value is -2.55. The Morgan fingerprint density at radius 3 is 2.74 bits per heavy atom. The van der Waals surface area contributed by atoms with Crippen LogP contribution in [0.4, 0.5) is 0 Å². The van der Waals surface area contributed by atoms with Crippen LogP contribution in [0.5, 0.6) is 5.75 Å². The number of methoxy groups -OCH3 is 1. The third-order valence-electron chi connectivity index (χ3n) is 4.00. The van der Waals surface area contributed by atoms with Crippen LogP contribution in [0.15, 0.2) is 24.3 Å². The van der Waals surface area contributed by atoms with Crippen molar-refractivity contribution in [3.63, 3.8) is 0 Å². The smallest absolute Gasteiger partial charge is 0.226 e. The van der Waals surface area contributed by atoms with Gasteiger partial charge in [0.1, 0.15) is 11.8 Å². The van der Waals surface area contributed by atoms with Crippen LogP contribution in [0.3, 0.4) is 0 Å². The number of likely N-dealkylation sites (tertiary alicyclic amines) is 1. The molecule has 2 amide bonds. The molecule has 0 radical (unpaired) electrons. The predicted molar refractivity (Wildman–Crippen MR) is 84.4 cm³/mol. The molecular formula is C17H21N3O3. The molecular weight excluding hydrogens is 294 g/mol. The van der Waals surface area contributed by atoms with E-state index in [9.17, 15) is 9.59 Å². The summed E-state index contributed by atoms with van der Waals surface area (Å²) < 4.78 is 5.11. The molecule has 122 valence electrons. The number of amides is 2. The Labute approximate surface area is 136 Å². The van der Waals surface area contributed by atoms with Crippen LogP contribution in [0.1, 0.15) is 25.3 Å². The summed E-state index contributed by atoms with van der Waals surface area (Å²) in [6.07, 6.45) is 0.752. The summed E-state index contributed by atoms with van der Waals surface area (Å²) in [4.78, 5) is 25.9. The fourth-order valence-electron chi connectivity index (χ4n) is 2.57. The maximum atomic E-state index is 12.1. The van der Waals surface area contributed by atoms with Crippen molar-refractivity contribution in [2.45, 2.75) is 32.4 Å². The van der Waals surface area contributed by atoms with E-state index < -0.39 is 6.04 Å². The second-order valence-electron chi connectivity index (χ2n) is 5.62. The minimum Gasteiger partial charge on any atom is -0.497 e. The molecule has 23 heavy (non-hydrogen) atoms. The van der Waals surface area contributed by atoms with E-state index in [-0.39, 0.29) is 24.2 Å². The molecule has 6 heteroatoms. The van der Waals surface area contributed by atoms with Gasteiger partial charge in [-0.1, -0.05) is 19.1 Å². The van der Waals surface area contributed by atoms with E-state index in [2.05, 4.69) is 5.32 Å². The van der Waals surface area contributed by atoms with Crippen LogP contribution in [0.2, 0.25) is 0 Å². The summed E-state index contributed by atoms with van der Waals surface area (Å²) in [7, 11) is 1.60. The quantitative estimate of drug-likeness (QED) is 0.861. The van der Waals surface area contributed by atoms with Crippen LogP contribution in [-0.2, 0) is 16.1 Å². The number of benzene rings is 1. The molecule has 1 aromatic rings. The molecule has 0 spiro atoms. The van der Waals surface area contributed by atoms with Crippen molar-refractivity contribution in [1.82, 2.24) is 10.2 Å². The number of carbonyl (C=O) groups is 2. The Morgan fingerprint density at radius 1 is 1.48 bits per heavy atom. The highest BCUT2D eigenvalue weighted by Crippen LogP contribution is 2.21. The van der Waals surface area contributed by atoms with Gasteiger partial charge in [-0.2, -0.15) is 5.26 Å². The number of nitrogens with zero attached hydrogens (tertiary/aromatic N) is 2. The highest BCUT2D eigenvalue weighted by molar-refractivity contribution is 5.89. The molecule has 1 N–H and O–H groups in total. The predicted octanol–water partition coefficient (Wildman–Crippen LogP) is 1.46. The van der Waals surface area contributed by atoms with Crippen molar-refractivity contribution in [2.24, 2.45) is 5.92 Å². The number of hydrogen-bond acceptors (Lipinski definition) is 4. The molecule has 1 aliphatic heterocycles. The molecule has 0 saturated carbocycles. The molecule has 2 rings (SSSR count). The summed E-state index contributed by atoms with van der Waals surface area (Å²) in [6.45, 7) is 2.70. The van der Waals surface area contributed by atoms with E-state index in [4.69, 9.17) is 10.00 Å². The van der Waals surface area contributed by atoms with Gasteiger partial charge in [-0.15, -0.1) is 0 Å². The molecule has 1 aromatic carbocycles.